The molecular weight excluding hydrogens is 268 g/mol. The number of nitrogens with zero attached hydrogens (tertiary/aromatic N) is 2. The van der Waals surface area contributed by atoms with Crippen LogP contribution in [0.2, 0.25) is 0 Å². The second-order valence-electron chi connectivity index (χ2n) is 5.39. The first-order valence-electron chi connectivity index (χ1n) is 7.94. The van der Waals surface area contributed by atoms with Crippen LogP contribution >= 0.6 is 0 Å². The number of piperidine rings is 1. The molecule has 0 aromatic carbocycles. The van der Waals surface area contributed by atoms with Gasteiger partial charge in [-0.05, 0) is 32.1 Å². The van der Waals surface area contributed by atoms with Gasteiger partial charge in [-0.1, -0.05) is 0 Å². The van der Waals surface area contributed by atoms with Crippen molar-refractivity contribution in [1.82, 2.24) is 15.5 Å². The molecule has 1 heterocycles. The Bertz CT molecular complexity index is 326. The molecule has 2 N–H and O–H groups in total. The van der Waals surface area contributed by atoms with Crippen LogP contribution in [0, 0.1) is 5.92 Å². The number of ether oxygens (including phenoxy) is 1. The van der Waals surface area contributed by atoms with Crippen molar-refractivity contribution in [2.24, 2.45) is 10.9 Å². The molecule has 6 nitrogen and oxygen atoms in total. The van der Waals surface area contributed by atoms with Crippen LogP contribution in [0.5, 0.6) is 0 Å². The number of nitrogens with one attached hydrogen (secondary N) is 2. The van der Waals surface area contributed by atoms with Gasteiger partial charge in [0.1, 0.15) is 0 Å². The highest BCUT2D eigenvalue weighted by Gasteiger charge is 2.22. The van der Waals surface area contributed by atoms with E-state index in [1.807, 2.05) is 0 Å². The SMILES string of the molecule is CCNC(=NCCCOC)N1CCC(CC(=O)NC)CC1. The van der Waals surface area contributed by atoms with Crippen molar-refractivity contribution in [1.29, 1.82) is 0 Å². The quantitative estimate of drug-likeness (QED) is 0.415. The fourth-order valence-electron chi connectivity index (χ4n) is 2.53. The van der Waals surface area contributed by atoms with Gasteiger partial charge in [0.2, 0.25) is 5.91 Å². The van der Waals surface area contributed by atoms with Crippen molar-refractivity contribution in [3.05, 3.63) is 0 Å². The molecule has 1 aliphatic rings. The number of rotatable bonds is 7. The summed E-state index contributed by atoms with van der Waals surface area (Å²) in [6.07, 6.45) is 3.69. The molecule has 0 aromatic rings. The summed E-state index contributed by atoms with van der Waals surface area (Å²) in [7, 11) is 3.42. The summed E-state index contributed by atoms with van der Waals surface area (Å²) in [4.78, 5) is 18.4. The molecule has 122 valence electrons. The highest BCUT2D eigenvalue weighted by atomic mass is 16.5. The lowest BCUT2D eigenvalue weighted by Gasteiger charge is -2.34. The van der Waals surface area contributed by atoms with Crippen molar-refractivity contribution < 1.29 is 9.53 Å². The summed E-state index contributed by atoms with van der Waals surface area (Å²) in [5.41, 5.74) is 0. The van der Waals surface area contributed by atoms with E-state index in [1.165, 1.54) is 0 Å². The van der Waals surface area contributed by atoms with Gasteiger partial charge in [0.05, 0.1) is 0 Å². The fraction of sp³-hybridized carbons (Fsp3) is 0.867. The molecule has 0 radical (unpaired) electrons. The van der Waals surface area contributed by atoms with Gasteiger partial charge in [0.25, 0.3) is 0 Å². The Morgan fingerprint density at radius 2 is 2.10 bits per heavy atom. The van der Waals surface area contributed by atoms with Crippen LogP contribution in [0.15, 0.2) is 4.99 Å². The number of carbonyl (C=O) groups excluding carboxylic acids is 1. The molecule has 0 spiro atoms. The molecule has 1 amide bonds. The molecule has 0 atom stereocenters. The van der Waals surface area contributed by atoms with Gasteiger partial charge in [0.15, 0.2) is 5.96 Å². The number of carbonyl (C=O) groups is 1. The Morgan fingerprint density at radius 3 is 2.67 bits per heavy atom. The van der Waals surface area contributed by atoms with Crippen molar-refractivity contribution in [2.75, 3.05) is 46.9 Å². The topological polar surface area (TPSA) is 66.0 Å². The number of hydrogen-bond acceptors (Lipinski definition) is 3. The minimum Gasteiger partial charge on any atom is -0.385 e. The van der Waals surface area contributed by atoms with Gasteiger partial charge in [-0.15, -0.1) is 0 Å². The fourth-order valence-corrected chi connectivity index (χ4v) is 2.53. The lowest BCUT2D eigenvalue weighted by atomic mass is 9.93. The lowest BCUT2D eigenvalue weighted by molar-refractivity contribution is -0.121. The third kappa shape index (κ3) is 6.80. The molecule has 0 bridgehead atoms. The number of guanidine groups is 1. The number of amides is 1. The molecule has 0 unspecified atom stereocenters. The average Bonchev–Trinajstić information content (AvgIpc) is 2.51. The Kier molecular flexibility index (Phi) is 8.82. The molecule has 0 aliphatic carbocycles. The Balaban J connectivity index is 2.41. The predicted octanol–water partition coefficient (Wildman–Crippen LogP) is 0.837. The first-order valence-corrected chi connectivity index (χ1v) is 7.94. The van der Waals surface area contributed by atoms with Crippen LogP contribution in [0.1, 0.15) is 32.6 Å². The van der Waals surface area contributed by atoms with E-state index in [9.17, 15) is 4.79 Å². The van der Waals surface area contributed by atoms with Gasteiger partial charge < -0.3 is 20.3 Å². The van der Waals surface area contributed by atoms with Crippen LogP contribution in [0.4, 0.5) is 0 Å². The number of hydrogen-bond donors (Lipinski definition) is 2. The monoisotopic (exact) mass is 298 g/mol. The maximum absolute atomic E-state index is 11.4. The van der Waals surface area contributed by atoms with Crippen molar-refractivity contribution in [3.63, 3.8) is 0 Å². The van der Waals surface area contributed by atoms with E-state index in [0.717, 1.165) is 58.0 Å². The first kappa shape index (κ1) is 17.8. The zero-order valence-corrected chi connectivity index (χ0v) is 13.7. The molecule has 21 heavy (non-hydrogen) atoms. The van der Waals surface area contributed by atoms with E-state index in [0.29, 0.717) is 12.3 Å². The second kappa shape index (κ2) is 10.4. The minimum absolute atomic E-state index is 0.147. The smallest absolute Gasteiger partial charge is 0.220 e. The molecule has 0 aromatic heterocycles. The summed E-state index contributed by atoms with van der Waals surface area (Å²) < 4.78 is 5.05. The van der Waals surface area contributed by atoms with E-state index < -0.39 is 0 Å². The van der Waals surface area contributed by atoms with Gasteiger partial charge >= 0.3 is 0 Å². The largest absolute Gasteiger partial charge is 0.385 e. The Morgan fingerprint density at radius 1 is 1.38 bits per heavy atom. The molecular formula is C15H30N4O2. The van der Waals surface area contributed by atoms with Crippen molar-refractivity contribution >= 4 is 11.9 Å². The summed E-state index contributed by atoms with van der Waals surface area (Å²) in [6.45, 7) is 6.44. The molecule has 0 saturated carbocycles. The predicted molar refractivity (Wildman–Crippen MR) is 85.5 cm³/mol. The molecule has 1 rings (SSSR count). The number of methoxy groups -OCH3 is 1. The van der Waals surface area contributed by atoms with Gasteiger partial charge in [-0.3, -0.25) is 9.79 Å². The standard InChI is InChI=1S/C15H30N4O2/c1-4-17-15(18-8-5-11-21-3)19-9-6-13(7-10-19)12-14(20)16-2/h13H,4-12H2,1-3H3,(H,16,20)(H,17,18). The van der Waals surface area contributed by atoms with Gasteiger partial charge in [0, 0.05) is 53.4 Å². The first-order chi connectivity index (χ1) is 10.2. The summed E-state index contributed by atoms with van der Waals surface area (Å²) in [6, 6.07) is 0. The number of likely N-dealkylation sites (tertiary alicyclic amines) is 1. The van der Waals surface area contributed by atoms with Crippen LogP contribution in [-0.2, 0) is 9.53 Å². The van der Waals surface area contributed by atoms with Crippen molar-refractivity contribution in [3.8, 4) is 0 Å². The molecule has 6 heteroatoms. The third-order valence-corrected chi connectivity index (χ3v) is 3.77. The Labute approximate surface area is 128 Å². The lowest BCUT2D eigenvalue weighted by Crippen LogP contribution is -2.46. The molecule has 1 aliphatic heterocycles. The summed E-state index contributed by atoms with van der Waals surface area (Å²) in [5, 5.41) is 6.06. The second-order valence-corrected chi connectivity index (χ2v) is 5.39. The van der Waals surface area contributed by atoms with E-state index in [-0.39, 0.29) is 5.91 Å². The Hall–Kier alpha value is -1.30. The van der Waals surface area contributed by atoms with Crippen LogP contribution in [0.3, 0.4) is 0 Å². The van der Waals surface area contributed by atoms with Gasteiger partial charge in [-0.25, -0.2) is 0 Å². The number of aliphatic imine (C=N–C) groups is 1. The van der Waals surface area contributed by atoms with E-state index in [4.69, 9.17) is 4.74 Å². The zero-order chi connectivity index (χ0) is 15.5. The van der Waals surface area contributed by atoms with Crippen LogP contribution in [0.25, 0.3) is 0 Å². The zero-order valence-electron chi connectivity index (χ0n) is 13.7. The normalized spacial score (nSPS) is 16.9. The average molecular weight is 298 g/mol. The molecule has 1 fully saturated rings. The summed E-state index contributed by atoms with van der Waals surface area (Å²) in [5.74, 6) is 1.64. The molecule has 1 saturated heterocycles. The van der Waals surface area contributed by atoms with E-state index in [2.05, 4.69) is 27.4 Å². The third-order valence-electron chi connectivity index (χ3n) is 3.77. The van der Waals surface area contributed by atoms with E-state index >= 15 is 0 Å². The van der Waals surface area contributed by atoms with Crippen LogP contribution < -0.4 is 10.6 Å². The maximum atomic E-state index is 11.4. The highest BCUT2D eigenvalue weighted by Crippen LogP contribution is 2.20. The van der Waals surface area contributed by atoms with Crippen LogP contribution in [-0.4, -0.2) is 63.7 Å². The minimum atomic E-state index is 0.147. The van der Waals surface area contributed by atoms with Crippen molar-refractivity contribution in [2.45, 2.75) is 32.6 Å². The summed E-state index contributed by atoms with van der Waals surface area (Å²) >= 11 is 0. The van der Waals surface area contributed by atoms with Gasteiger partial charge in [-0.2, -0.15) is 0 Å². The highest BCUT2D eigenvalue weighted by molar-refractivity contribution is 5.80. The maximum Gasteiger partial charge on any atom is 0.220 e. The van der Waals surface area contributed by atoms with E-state index in [1.54, 1.807) is 14.2 Å².